The Kier molecular flexibility index (Phi) is 8.17. The number of nitrogens with one attached hydrogen (secondary N) is 1. The van der Waals surface area contributed by atoms with Gasteiger partial charge in [-0.25, -0.2) is 4.79 Å². The molecule has 1 aromatic carbocycles. The van der Waals surface area contributed by atoms with Crippen LogP contribution in [0.25, 0.3) is 16.5 Å². The second-order valence-corrected chi connectivity index (χ2v) is 8.62. The van der Waals surface area contributed by atoms with Crippen LogP contribution in [0.15, 0.2) is 34.4 Å². The summed E-state index contributed by atoms with van der Waals surface area (Å²) in [5, 5.41) is 9.29. The van der Waals surface area contributed by atoms with Crippen LogP contribution in [0, 0.1) is 0 Å². The van der Waals surface area contributed by atoms with Gasteiger partial charge in [0.05, 0.1) is 30.7 Å². The van der Waals surface area contributed by atoms with E-state index in [0.29, 0.717) is 17.0 Å². The predicted octanol–water partition coefficient (Wildman–Crippen LogP) is 4.03. The van der Waals surface area contributed by atoms with Gasteiger partial charge in [0.15, 0.2) is 5.69 Å². The van der Waals surface area contributed by atoms with E-state index in [4.69, 9.17) is 9.47 Å². The highest BCUT2D eigenvalue weighted by atomic mass is 32.1. The normalized spacial score (nSPS) is 11.0. The van der Waals surface area contributed by atoms with Crippen LogP contribution in [0.4, 0.5) is 5.00 Å². The zero-order valence-corrected chi connectivity index (χ0v) is 20.4. The maximum absolute atomic E-state index is 13.4. The third kappa shape index (κ3) is 5.51. The number of anilines is 1. The van der Waals surface area contributed by atoms with Crippen molar-refractivity contribution in [2.45, 2.75) is 46.5 Å². The SMILES string of the molecule is CCOC(=O)CCC(=O)Nc1scc2c(C(=O)OCC)nn(-c3ccc(C(C)C)cc3)c(=O)c12. The lowest BCUT2D eigenvalue weighted by atomic mass is 10.0. The van der Waals surface area contributed by atoms with E-state index < -0.39 is 23.4 Å². The molecule has 2 heterocycles. The molecule has 0 aliphatic carbocycles. The van der Waals surface area contributed by atoms with Gasteiger partial charge >= 0.3 is 11.9 Å². The van der Waals surface area contributed by atoms with Crippen molar-refractivity contribution in [3.63, 3.8) is 0 Å². The first-order valence-corrected chi connectivity index (χ1v) is 11.9. The molecule has 0 unspecified atom stereocenters. The van der Waals surface area contributed by atoms with Crippen LogP contribution in [-0.2, 0) is 19.1 Å². The molecular formula is C24H27N3O6S. The number of benzene rings is 1. The maximum Gasteiger partial charge on any atom is 0.359 e. The average molecular weight is 486 g/mol. The molecule has 10 heteroatoms. The standard InChI is InChI=1S/C24H27N3O6S/c1-5-32-19(29)12-11-18(28)25-22-20-17(13-34-22)21(24(31)33-6-2)26-27(23(20)30)16-9-7-15(8-10-16)14(3)4/h7-10,13-14H,5-6,11-12H2,1-4H3,(H,25,28). The highest BCUT2D eigenvalue weighted by Crippen LogP contribution is 2.31. The van der Waals surface area contributed by atoms with Crippen LogP contribution in [0.3, 0.4) is 0 Å². The molecule has 0 saturated heterocycles. The van der Waals surface area contributed by atoms with Crippen LogP contribution in [0.5, 0.6) is 0 Å². The van der Waals surface area contributed by atoms with E-state index in [2.05, 4.69) is 24.3 Å². The van der Waals surface area contributed by atoms with Crippen molar-refractivity contribution >= 4 is 45.0 Å². The summed E-state index contributed by atoms with van der Waals surface area (Å²) < 4.78 is 11.1. The number of thiophene rings is 1. The zero-order chi connectivity index (χ0) is 24.8. The van der Waals surface area contributed by atoms with Crippen LogP contribution in [-0.4, -0.2) is 40.8 Å². The molecule has 2 aromatic heterocycles. The van der Waals surface area contributed by atoms with Gasteiger partial charge in [-0.2, -0.15) is 9.78 Å². The van der Waals surface area contributed by atoms with E-state index in [1.807, 2.05) is 12.1 Å². The smallest absolute Gasteiger partial charge is 0.359 e. The lowest BCUT2D eigenvalue weighted by Gasteiger charge is -2.11. The Morgan fingerprint density at radius 1 is 1.06 bits per heavy atom. The van der Waals surface area contributed by atoms with Gasteiger partial charge in [0.2, 0.25) is 5.91 Å². The van der Waals surface area contributed by atoms with Gasteiger partial charge in [-0.3, -0.25) is 14.4 Å². The van der Waals surface area contributed by atoms with E-state index in [0.717, 1.165) is 21.6 Å². The van der Waals surface area contributed by atoms with E-state index in [1.54, 1.807) is 31.4 Å². The monoisotopic (exact) mass is 485 g/mol. The molecular weight excluding hydrogens is 458 g/mol. The van der Waals surface area contributed by atoms with Gasteiger partial charge in [0, 0.05) is 17.2 Å². The summed E-state index contributed by atoms with van der Waals surface area (Å²) in [5.41, 5.74) is 1.07. The number of hydrogen-bond acceptors (Lipinski definition) is 8. The fraction of sp³-hybridized carbons (Fsp3) is 0.375. The van der Waals surface area contributed by atoms with Crippen LogP contribution in [0.2, 0.25) is 0 Å². The number of carbonyl (C=O) groups excluding carboxylic acids is 3. The van der Waals surface area contributed by atoms with Crippen molar-refractivity contribution in [2.75, 3.05) is 18.5 Å². The summed E-state index contributed by atoms with van der Waals surface area (Å²) in [6, 6.07) is 7.31. The Balaban J connectivity index is 2.05. The molecule has 1 amide bonds. The Hall–Kier alpha value is -3.53. The van der Waals surface area contributed by atoms with Crippen molar-refractivity contribution < 1.29 is 23.9 Å². The third-order valence-corrected chi connectivity index (χ3v) is 5.94. The molecule has 180 valence electrons. The molecule has 0 aliphatic heterocycles. The van der Waals surface area contributed by atoms with Gasteiger partial charge in [-0.1, -0.05) is 26.0 Å². The number of ether oxygens (including phenoxy) is 2. The van der Waals surface area contributed by atoms with Crippen LogP contribution >= 0.6 is 11.3 Å². The van der Waals surface area contributed by atoms with E-state index >= 15 is 0 Å². The number of carbonyl (C=O) groups is 3. The summed E-state index contributed by atoms with van der Waals surface area (Å²) in [5.74, 6) is -1.28. The summed E-state index contributed by atoms with van der Waals surface area (Å²) in [7, 11) is 0. The van der Waals surface area contributed by atoms with Gasteiger partial charge in [-0.15, -0.1) is 11.3 Å². The number of rotatable bonds is 9. The van der Waals surface area contributed by atoms with Crippen molar-refractivity contribution in [3.05, 3.63) is 51.3 Å². The van der Waals surface area contributed by atoms with Crippen LogP contribution < -0.4 is 10.9 Å². The number of hydrogen-bond donors (Lipinski definition) is 1. The summed E-state index contributed by atoms with van der Waals surface area (Å²) in [4.78, 5) is 50.0. The predicted molar refractivity (Wildman–Crippen MR) is 130 cm³/mol. The number of nitrogens with zero attached hydrogens (tertiary/aromatic N) is 2. The third-order valence-electron chi connectivity index (χ3n) is 5.04. The van der Waals surface area contributed by atoms with Gasteiger partial charge < -0.3 is 14.8 Å². The minimum Gasteiger partial charge on any atom is -0.466 e. The van der Waals surface area contributed by atoms with Crippen LogP contribution in [0.1, 0.15) is 62.5 Å². The van der Waals surface area contributed by atoms with E-state index in [1.165, 1.54) is 0 Å². The fourth-order valence-corrected chi connectivity index (χ4v) is 4.26. The second-order valence-electron chi connectivity index (χ2n) is 7.74. The average Bonchev–Trinajstić information content (AvgIpc) is 3.22. The molecule has 0 atom stereocenters. The van der Waals surface area contributed by atoms with Crippen molar-refractivity contribution in [3.8, 4) is 5.69 Å². The highest BCUT2D eigenvalue weighted by Gasteiger charge is 2.23. The molecule has 1 N–H and O–H groups in total. The van der Waals surface area contributed by atoms with Gasteiger partial charge in [0.25, 0.3) is 5.56 Å². The summed E-state index contributed by atoms with van der Waals surface area (Å²) in [6.07, 6.45) is -0.177. The molecule has 0 spiro atoms. The molecule has 3 rings (SSSR count). The molecule has 0 aliphatic rings. The molecule has 3 aromatic rings. The van der Waals surface area contributed by atoms with Gasteiger partial charge in [-0.05, 0) is 37.5 Å². The Morgan fingerprint density at radius 2 is 1.74 bits per heavy atom. The topological polar surface area (TPSA) is 117 Å². The first kappa shape index (κ1) is 25.1. The van der Waals surface area contributed by atoms with E-state index in [9.17, 15) is 19.2 Å². The van der Waals surface area contributed by atoms with Crippen molar-refractivity contribution in [1.29, 1.82) is 0 Å². The molecule has 0 fully saturated rings. The summed E-state index contributed by atoms with van der Waals surface area (Å²) in [6.45, 7) is 7.87. The molecule has 0 saturated carbocycles. The minimum atomic E-state index is -0.668. The molecule has 9 nitrogen and oxygen atoms in total. The first-order chi connectivity index (χ1) is 16.3. The van der Waals surface area contributed by atoms with Crippen molar-refractivity contribution in [1.82, 2.24) is 9.78 Å². The Morgan fingerprint density at radius 3 is 2.35 bits per heavy atom. The first-order valence-electron chi connectivity index (χ1n) is 11.0. The fourth-order valence-electron chi connectivity index (χ4n) is 3.31. The number of amides is 1. The highest BCUT2D eigenvalue weighted by molar-refractivity contribution is 7.16. The molecule has 34 heavy (non-hydrogen) atoms. The number of esters is 2. The maximum atomic E-state index is 13.4. The largest absolute Gasteiger partial charge is 0.466 e. The zero-order valence-electron chi connectivity index (χ0n) is 19.5. The number of aromatic nitrogens is 2. The molecule has 0 radical (unpaired) electrons. The summed E-state index contributed by atoms with van der Waals surface area (Å²) >= 11 is 1.10. The lowest BCUT2D eigenvalue weighted by Crippen LogP contribution is -2.25. The van der Waals surface area contributed by atoms with Crippen molar-refractivity contribution in [2.24, 2.45) is 0 Å². The quantitative estimate of drug-likeness (QED) is 0.455. The molecule has 0 bridgehead atoms. The van der Waals surface area contributed by atoms with E-state index in [-0.39, 0.29) is 42.1 Å². The number of fused-ring (bicyclic) bond motifs is 1. The lowest BCUT2D eigenvalue weighted by molar-refractivity contribution is -0.144. The second kappa shape index (κ2) is 11.1. The van der Waals surface area contributed by atoms with Gasteiger partial charge in [0.1, 0.15) is 5.00 Å². The Bertz CT molecular complexity index is 1260. The Labute approximate surface area is 200 Å². The minimum absolute atomic E-state index is 0.0207.